The second kappa shape index (κ2) is 15.9. The van der Waals surface area contributed by atoms with E-state index in [1.165, 1.54) is 50.6 Å². The van der Waals surface area contributed by atoms with Crippen LogP contribution in [0.2, 0.25) is 0 Å². The summed E-state index contributed by atoms with van der Waals surface area (Å²) in [5, 5.41) is 0. The van der Waals surface area contributed by atoms with E-state index < -0.39 is 35.3 Å². The molecule has 0 aliphatic carbocycles. The van der Waals surface area contributed by atoms with Crippen LogP contribution in [0.1, 0.15) is 31.8 Å². The quantitative estimate of drug-likeness (QED) is 0.0949. The highest BCUT2D eigenvalue weighted by molar-refractivity contribution is 6.19. The lowest BCUT2D eigenvalue weighted by atomic mass is 9.80. The maximum absolute atomic E-state index is 13.9. The first kappa shape index (κ1) is 33.3. The van der Waals surface area contributed by atoms with Crippen LogP contribution in [-0.4, -0.2) is 51.9 Å². The fourth-order valence-corrected chi connectivity index (χ4v) is 4.75. The number of methoxy groups -OCH3 is 4. The molecule has 46 heavy (non-hydrogen) atoms. The molecular formula is C36H34O10. The van der Waals surface area contributed by atoms with Gasteiger partial charge in [0.15, 0.2) is 34.6 Å². The van der Waals surface area contributed by atoms with Crippen LogP contribution in [0.5, 0.6) is 23.0 Å². The van der Waals surface area contributed by atoms with Gasteiger partial charge in [-0.3, -0.25) is 19.2 Å². The summed E-state index contributed by atoms with van der Waals surface area (Å²) >= 11 is 0. The molecule has 0 saturated heterocycles. The Hall–Kier alpha value is -5.64. The maximum atomic E-state index is 13.9. The van der Waals surface area contributed by atoms with Gasteiger partial charge in [-0.2, -0.15) is 0 Å². The Balaban J connectivity index is 1.63. The Morgan fingerprint density at radius 1 is 0.500 bits per heavy atom. The smallest absolute Gasteiger partial charge is 0.317 e. The molecule has 4 aromatic carbocycles. The van der Waals surface area contributed by atoms with E-state index in [9.17, 15) is 19.2 Å². The van der Waals surface area contributed by atoms with Crippen molar-refractivity contribution in [2.75, 3.05) is 28.4 Å². The van der Waals surface area contributed by atoms with Crippen LogP contribution in [0, 0.1) is 11.8 Å². The van der Waals surface area contributed by atoms with Gasteiger partial charge in [0.1, 0.15) is 25.0 Å². The minimum Gasteiger partial charge on any atom is -0.493 e. The molecule has 0 aromatic heterocycles. The summed E-state index contributed by atoms with van der Waals surface area (Å²) in [6.45, 7) is 0.488. The third-order valence-electron chi connectivity index (χ3n) is 7.18. The molecule has 0 bridgehead atoms. The molecule has 0 aliphatic rings. The predicted octanol–water partition coefficient (Wildman–Crippen LogP) is 5.51. The van der Waals surface area contributed by atoms with Gasteiger partial charge in [-0.15, -0.1) is 0 Å². The molecule has 0 fully saturated rings. The van der Waals surface area contributed by atoms with Crippen molar-refractivity contribution >= 4 is 23.5 Å². The summed E-state index contributed by atoms with van der Waals surface area (Å²) in [5.41, 5.74) is 1.82. The SMILES string of the molecule is COC(=O)[C@H](C(=O)c1ccc(OCc2ccccc2)c(OC)c1)[C@H](C(=O)OC)C(=O)c1ccc(OCc2ccccc2)c(OC)c1. The molecule has 10 nitrogen and oxygen atoms in total. The molecule has 0 unspecified atom stereocenters. The zero-order valence-corrected chi connectivity index (χ0v) is 25.9. The van der Waals surface area contributed by atoms with E-state index in [-0.39, 0.29) is 35.8 Å². The van der Waals surface area contributed by atoms with E-state index in [0.29, 0.717) is 11.5 Å². The van der Waals surface area contributed by atoms with Crippen molar-refractivity contribution in [3.63, 3.8) is 0 Å². The van der Waals surface area contributed by atoms with Gasteiger partial charge in [0.25, 0.3) is 0 Å². The molecule has 10 heteroatoms. The van der Waals surface area contributed by atoms with E-state index in [0.717, 1.165) is 25.3 Å². The van der Waals surface area contributed by atoms with Crippen molar-refractivity contribution < 1.29 is 47.6 Å². The molecule has 0 aliphatic heterocycles. The summed E-state index contributed by atoms with van der Waals surface area (Å²) < 4.78 is 32.4. The standard InChI is InChI=1S/C36H34O10/c1-41-29-19-25(15-17-27(29)45-21-23-11-7-5-8-12-23)33(37)31(35(39)43-3)32(36(40)44-4)34(38)26-16-18-28(30(20-26)42-2)46-22-24-13-9-6-10-14-24/h5-20,31-32H,21-22H2,1-4H3/t31-,32-/m0/s1. The van der Waals surface area contributed by atoms with Crippen LogP contribution in [0.15, 0.2) is 97.1 Å². The molecule has 0 radical (unpaired) electrons. The van der Waals surface area contributed by atoms with E-state index >= 15 is 0 Å². The van der Waals surface area contributed by atoms with Gasteiger partial charge in [0, 0.05) is 11.1 Å². The van der Waals surface area contributed by atoms with E-state index in [2.05, 4.69) is 0 Å². The van der Waals surface area contributed by atoms with Crippen LogP contribution >= 0.6 is 0 Å². The number of esters is 2. The number of carbonyl (C=O) groups excluding carboxylic acids is 4. The van der Waals surface area contributed by atoms with Gasteiger partial charge in [-0.05, 0) is 47.5 Å². The van der Waals surface area contributed by atoms with Gasteiger partial charge >= 0.3 is 11.9 Å². The average molecular weight is 627 g/mol. The molecule has 0 spiro atoms. The first-order valence-corrected chi connectivity index (χ1v) is 14.2. The Labute approximate surface area is 266 Å². The van der Waals surface area contributed by atoms with Gasteiger partial charge in [0.2, 0.25) is 0 Å². The number of benzene rings is 4. The lowest BCUT2D eigenvalue weighted by molar-refractivity contribution is -0.153. The molecular weight excluding hydrogens is 592 g/mol. The summed E-state index contributed by atoms with van der Waals surface area (Å²) in [7, 11) is 4.92. The molecule has 0 amide bonds. The fraction of sp³-hybridized carbons (Fsp3) is 0.222. The molecule has 0 heterocycles. The van der Waals surface area contributed by atoms with Crippen molar-refractivity contribution in [1.29, 1.82) is 0 Å². The minimum atomic E-state index is -1.87. The Morgan fingerprint density at radius 3 is 1.20 bits per heavy atom. The van der Waals surface area contributed by atoms with Crippen molar-refractivity contribution in [2.24, 2.45) is 11.8 Å². The number of ketones is 2. The highest BCUT2D eigenvalue weighted by Crippen LogP contribution is 2.34. The maximum Gasteiger partial charge on any atom is 0.317 e. The Kier molecular flexibility index (Phi) is 11.5. The average Bonchev–Trinajstić information content (AvgIpc) is 3.11. The molecule has 0 saturated carbocycles. The summed E-state index contributed by atoms with van der Waals surface area (Å²) in [6, 6.07) is 27.5. The highest BCUT2D eigenvalue weighted by atomic mass is 16.5. The van der Waals surface area contributed by atoms with Crippen molar-refractivity contribution in [1.82, 2.24) is 0 Å². The van der Waals surface area contributed by atoms with Crippen LogP contribution in [0.3, 0.4) is 0 Å². The van der Waals surface area contributed by atoms with E-state index in [4.69, 9.17) is 28.4 Å². The molecule has 4 aromatic rings. The lowest BCUT2D eigenvalue weighted by Crippen LogP contribution is -2.42. The zero-order chi connectivity index (χ0) is 33.1. The van der Waals surface area contributed by atoms with E-state index in [1.54, 1.807) is 0 Å². The number of ether oxygens (including phenoxy) is 6. The molecule has 2 atom stereocenters. The topological polar surface area (TPSA) is 124 Å². The normalized spacial score (nSPS) is 11.8. The first-order valence-electron chi connectivity index (χ1n) is 14.2. The third kappa shape index (κ3) is 7.89. The fourth-order valence-electron chi connectivity index (χ4n) is 4.75. The number of Topliss-reactive ketones (excluding diaryl/α,β-unsaturated/α-hetero) is 2. The van der Waals surface area contributed by atoms with Crippen molar-refractivity contribution in [2.45, 2.75) is 13.2 Å². The van der Waals surface area contributed by atoms with Gasteiger partial charge in [0.05, 0.1) is 28.4 Å². The zero-order valence-electron chi connectivity index (χ0n) is 25.9. The first-order chi connectivity index (χ1) is 22.3. The second-order valence-corrected chi connectivity index (χ2v) is 10.0. The van der Waals surface area contributed by atoms with Gasteiger partial charge in [-0.25, -0.2) is 0 Å². The summed E-state index contributed by atoms with van der Waals surface area (Å²) in [5.74, 6) is -6.50. The Bertz CT molecular complexity index is 1540. The van der Waals surface area contributed by atoms with Crippen LogP contribution in [-0.2, 0) is 32.3 Å². The number of rotatable bonds is 15. The summed E-state index contributed by atoms with van der Waals surface area (Å²) in [4.78, 5) is 54.0. The predicted molar refractivity (Wildman–Crippen MR) is 167 cm³/mol. The van der Waals surface area contributed by atoms with Crippen molar-refractivity contribution in [3.8, 4) is 23.0 Å². The van der Waals surface area contributed by atoms with Crippen LogP contribution in [0.4, 0.5) is 0 Å². The molecule has 4 rings (SSSR count). The third-order valence-corrected chi connectivity index (χ3v) is 7.18. The van der Waals surface area contributed by atoms with Crippen LogP contribution in [0.25, 0.3) is 0 Å². The minimum absolute atomic E-state index is 0.0109. The molecule has 0 N–H and O–H groups in total. The molecule has 238 valence electrons. The monoisotopic (exact) mass is 626 g/mol. The van der Waals surface area contributed by atoms with E-state index in [1.807, 2.05) is 60.7 Å². The second-order valence-electron chi connectivity index (χ2n) is 10.0. The van der Waals surface area contributed by atoms with Crippen molar-refractivity contribution in [3.05, 3.63) is 119 Å². The number of carbonyl (C=O) groups is 4. The lowest BCUT2D eigenvalue weighted by Gasteiger charge is -2.22. The highest BCUT2D eigenvalue weighted by Gasteiger charge is 2.46. The summed E-state index contributed by atoms with van der Waals surface area (Å²) in [6.07, 6.45) is 0. The number of hydrogen-bond donors (Lipinski definition) is 0. The largest absolute Gasteiger partial charge is 0.493 e. The van der Waals surface area contributed by atoms with Gasteiger partial charge < -0.3 is 28.4 Å². The Morgan fingerprint density at radius 2 is 0.870 bits per heavy atom. The number of hydrogen-bond acceptors (Lipinski definition) is 10. The van der Waals surface area contributed by atoms with Gasteiger partial charge in [-0.1, -0.05) is 60.7 Å². The van der Waals surface area contributed by atoms with Crippen LogP contribution < -0.4 is 18.9 Å².